The number of H-pyrrole nitrogens is 1. The number of fused-ring (bicyclic) bond motifs is 1. The van der Waals surface area contributed by atoms with Gasteiger partial charge in [-0.05, 0) is 19.4 Å². The van der Waals surface area contributed by atoms with Gasteiger partial charge in [-0.3, -0.25) is 25.0 Å². The number of pyridine rings is 1. The topological polar surface area (TPSA) is 105 Å². The maximum Gasteiger partial charge on any atom is 0.277 e. The molecule has 0 saturated heterocycles. The minimum absolute atomic E-state index is 0.111. The molecule has 0 atom stereocenters. The number of aromatic amines is 1. The highest BCUT2D eigenvalue weighted by Gasteiger charge is 2.15. The molecule has 8 nitrogen and oxygen atoms in total. The second-order valence-corrected chi connectivity index (χ2v) is 5.26. The lowest BCUT2D eigenvalue weighted by atomic mass is 10.2. The van der Waals surface area contributed by atoms with Crippen molar-refractivity contribution in [2.45, 2.75) is 20.3 Å². The van der Waals surface area contributed by atoms with Crippen molar-refractivity contribution in [1.82, 2.24) is 24.6 Å². The summed E-state index contributed by atoms with van der Waals surface area (Å²) in [7, 11) is 0. The van der Waals surface area contributed by atoms with Gasteiger partial charge in [0.05, 0.1) is 16.3 Å². The molecule has 1 amide bonds. The van der Waals surface area contributed by atoms with Gasteiger partial charge in [0, 0.05) is 18.0 Å². The fraction of sp³-hybridized carbons (Fsp3) is 0.214. The highest BCUT2D eigenvalue weighted by Crippen LogP contribution is 2.15. The largest absolute Gasteiger partial charge is 0.291 e. The molecule has 0 aliphatic carbocycles. The number of aryl methyl sites for hydroxylation is 1. The number of nitrogens with zero attached hydrogens (tertiary/aromatic N) is 4. The summed E-state index contributed by atoms with van der Waals surface area (Å²) in [6, 6.07) is 1.49. The lowest BCUT2D eigenvalue weighted by molar-refractivity contribution is 0.102. The lowest BCUT2D eigenvalue weighted by Gasteiger charge is -2.02. The van der Waals surface area contributed by atoms with E-state index in [9.17, 15) is 9.59 Å². The predicted molar refractivity (Wildman–Crippen MR) is 84.9 cm³/mol. The monoisotopic (exact) mass is 332 g/mol. The molecule has 118 valence electrons. The molecule has 3 heterocycles. The normalized spacial score (nSPS) is 10.9. The van der Waals surface area contributed by atoms with Gasteiger partial charge in [-0.15, -0.1) is 0 Å². The Morgan fingerprint density at radius 1 is 1.43 bits per heavy atom. The van der Waals surface area contributed by atoms with Crippen molar-refractivity contribution in [3.05, 3.63) is 50.7 Å². The summed E-state index contributed by atoms with van der Waals surface area (Å²) in [5, 5.41) is 5.50. The van der Waals surface area contributed by atoms with Crippen molar-refractivity contribution in [3.8, 4) is 0 Å². The summed E-state index contributed by atoms with van der Waals surface area (Å²) in [6.07, 6.45) is 3.40. The Labute approximate surface area is 135 Å². The Hall–Kier alpha value is -2.74. The van der Waals surface area contributed by atoms with Crippen molar-refractivity contribution >= 4 is 29.2 Å². The zero-order valence-corrected chi connectivity index (χ0v) is 13.2. The average Bonchev–Trinajstić information content (AvgIpc) is 2.90. The van der Waals surface area contributed by atoms with Crippen LogP contribution in [-0.4, -0.2) is 30.5 Å². The average molecular weight is 333 g/mol. The van der Waals surface area contributed by atoms with Gasteiger partial charge in [0.2, 0.25) is 5.95 Å². The highest BCUT2D eigenvalue weighted by molar-refractivity contribution is 6.34. The number of anilines is 1. The fourth-order valence-corrected chi connectivity index (χ4v) is 2.46. The second-order valence-electron chi connectivity index (χ2n) is 4.85. The van der Waals surface area contributed by atoms with E-state index in [0.29, 0.717) is 17.7 Å². The van der Waals surface area contributed by atoms with Crippen LogP contribution in [0.2, 0.25) is 5.02 Å². The quantitative estimate of drug-likeness (QED) is 0.757. The van der Waals surface area contributed by atoms with Crippen molar-refractivity contribution in [3.63, 3.8) is 0 Å². The summed E-state index contributed by atoms with van der Waals surface area (Å²) in [6.45, 7) is 3.63. The Morgan fingerprint density at radius 3 is 2.91 bits per heavy atom. The van der Waals surface area contributed by atoms with E-state index in [2.05, 4.69) is 25.4 Å². The summed E-state index contributed by atoms with van der Waals surface area (Å²) >= 11 is 5.93. The number of halogens is 1. The van der Waals surface area contributed by atoms with Crippen LogP contribution in [0.1, 0.15) is 28.5 Å². The van der Waals surface area contributed by atoms with Gasteiger partial charge >= 0.3 is 0 Å². The smallest absolute Gasteiger partial charge is 0.277 e. The van der Waals surface area contributed by atoms with Gasteiger partial charge in [-0.25, -0.2) is 4.98 Å². The first kappa shape index (κ1) is 15.2. The fourth-order valence-electron chi connectivity index (χ4n) is 2.25. The van der Waals surface area contributed by atoms with Crippen LogP contribution < -0.4 is 10.9 Å². The van der Waals surface area contributed by atoms with Gasteiger partial charge in [-0.1, -0.05) is 18.5 Å². The summed E-state index contributed by atoms with van der Waals surface area (Å²) in [5.74, 6) is -0.155. The van der Waals surface area contributed by atoms with Crippen LogP contribution in [0.3, 0.4) is 0 Å². The van der Waals surface area contributed by atoms with E-state index in [0.717, 1.165) is 0 Å². The van der Waals surface area contributed by atoms with Gasteiger partial charge < -0.3 is 0 Å². The van der Waals surface area contributed by atoms with Gasteiger partial charge in [0.15, 0.2) is 0 Å². The molecule has 0 saturated carbocycles. The number of carbonyl (C=O) groups excluding carboxylic acids is 1. The van der Waals surface area contributed by atoms with Crippen molar-refractivity contribution in [1.29, 1.82) is 0 Å². The number of hydrogen-bond donors (Lipinski definition) is 2. The van der Waals surface area contributed by atoms with E-state index in [-0.39, 0.29) is 27.9 Å². The maximum absolute atomic E-state index is 12.3. The van der Waals surface area contributed by atoms with Gasteiger partial charge in [0.1, 0.15) is 0 Å². The van der Waals surface area contributed by atoms with E-state index in [1.54, 1.807) is 6.92 Å². The van der Waals surface area contributed by atoms with Crippen molar-refractivity contribution < 1.29 is 4.79 Å². The molecule has 3 aromatic rings. The second kappa shape index (κ2) is 5.81. The first-order chi connectivity index (χ1) is 11.0. The SMILES string of the molecule is CCc1c(C)nc2nc(NC(=O)c3ccncc3Cl)[nH]n2c1=O. The van der Waals surface area contributed by atoms with Crippen LogP contribution in [0.15, 0.2) is 23.3 Å². The van der Waals surface area contributed by atoms with E-state index < -0.39 is 5.91 Å². The molecule has 3 rings (SSSR count). The Balaban J connectivity index is 1.99. The molecule has 0 radical (unpaired) electrons. The Bertz CT molecular complexity index is 962. The highest BCUT2D eigenvalue weighted by atomic mass is 35.5. The molecular formula is C14H13ClN6O2. The molecule has 0 bridgehead atoms. The van der Waals surface area contributed by atoms with E-state index in [1.807, 2.05) is 6.92 Å². The van der Waals surface area contributed by atoms with E-state index in [1.165, 1.54) is 23.0 Å². The minimum atomic E-state index is -0.461. The number of rotatable bonds is 3. The molecular weight excluding hydrogens is 320 g/mol. The predicted octanol–water partition coefficient (Wildman–Crippen LogP) is 1.59. The molecule has 2 N–H and O–H groups in total. The zero-order chi connectivity index (χ0) is 16.6. The Morgan fingerprint density at radius 2 is 2.22 bits per heavy atom. The Kier molecular flexibility index (Phi) is 3.83. The van der Waals surface area contributed by atoms with Crippen LogP contribution in [0.5, 0.6) is 0 Å². The summed E-state index contributed by atoms with van der Waals surface area (Å²) in [4.78, 5) is 36.7. The molecule has 23 heavy (non-hydrogen) atoms. The molecule has 0 spiro atoms. The van der Waals surface area contributed by atoms with Crippen LogP contribution in [-0.2, 0) is 6.42 Å². The number of hydrogen-bond acceptors (Lipinski definition) is 5. The van der Waals surface area contributed by atoms with Gasteiger partial charge in [0.25, 0.3) is 17.2 Å². The summed E-state index contributed by atoms with van der Waals surface area (Å²) < 4.78 is 1.20. The van der Waals surface area contributed by atoms with Crippen LogP contribution in [0.4, 0.5) is 5.95 Å². The maximum atomic E-state index is 12.3. The third-order valence-electron chi connectivity index (χ3n) is 3.40. The van der Waals surface area contributed by atoms with Gasteiger partial charge in [-0.2, -0.15) is 9.50 Å². The first-order valence-corrected chi connectivity index (χ1v) is 7.28. The number of nitrogens with one attached hydrogen (secondary N) is 2. The zero-order valence-electron chi connectivity index (χ0n) is 12.4. The van der Waals surface area contributed by atoms with Crippen LogP contribution in [0, 0.1) is 6.92 Å². The third-order valence-corrected chi connectivity index (χ3v) is 3.70. The molecule has 0 aromatic carbocycles. The minimum Gasteiger partial charge on any atom is -0.291 e. The molecule has 3 aromatic heterocycles. The van der Waals surface area contributed by atoms with Crippen molar-refractivity contribution in [2.24, 2.45) is 0 Å². The van der Waals surface area contributed by atoms with Crippen LogP contribution >= 0.6 is 11.6 Å². The van der Waals surface area contributed by atoms with Crippen LogP contribution in [0.25, 0.3) is 5.78 Å². The standard InChI is InChI=1S/C14H13ClN6O2/c1-3-8-7(2)17-14-19-13(20-21(14)12(8)23)18-11(22)9-4-5-16-6-10(9)15/h4-6H,3H2,1-2H3,(H2,17,18,19,20,22). The summed E-state index contributed by atoms with van der Waals surface area (Å²) in [5.41, 5.74) is 1.25. The molecule has 0 unspecified atom stereocenters. The van der Waals surface area contributed by atoms with E-state index >= 15 is 0 Å². The first-order valence-electron chi connectivity index (χ1n) is 6.90. The third kappa shape index (κ3) is 2.68. The molecule has 0 fully saturated rings. The molecule has 0 aliphatic rings. The van der Waals surface area contributed by atoms with Crippen molar-refractivity contribution in [2.75, 3.05) is 5.32 Å². The lowest BCUT2D eigenvalue weighted by Crippen LogP contribution is -2.21. The van der Waals surface area contributed by atoms with E-state index in [4.69, 9.17) is 11.6 Å². The number of carbonyl (C=O) groups is 1. The molecule has 0 aliphatic heterocycles. The number of aromatic nitrogens is 5. The number of amides is 1. The molecule has 9 heteroatoms.